The number of pyridine rings is 1. The molecular weight excluding hydrogens is 615 g/mol. The van der Waals surface area contributed by atoms with Gasteiger partial charge in [-0.05, 0) is 47.5 Å². The summed E-state index contributed by atoms with van der Waals surface area (Å²) >= 11 is 1.90. The second-order valence-corrected chi connectivity index (χ2v) is 13.4. The number of para-hydroxylation sites is 1. The van der Waals surface area contributed by atoms with Crippen molar-refractivity contribution in [1.82, 2.24) is 14.0 Å². The van der Waals surface area contributed by atoms with Gasteiger partial charge >= 0.3 is 0 Å². The highest BCUT2D eigenvalue weighted by Crippen LogP contribution is 2.49. The highest BCUT2D eigenvalue weighted by atomic mass is 32.1. The highest BCUT2D eigenvalue weighted by molar-refractivity contribution is 7.24. The Labute approximate surface area is 287 Å². The first-order chi connectivity index (χ1) is 24.3. The van der Waals surface area contributed by atoms with Crippen molar-refractivity contribution in [1.29, 1.82) is 0 Å². The lowest BCUT2D eigenvalue weighted by molar-refractivity contribution is 1.17. The molecule has 0 aliphatic rings. The lowest BCUT2D eigenvalue weighted by Crippen LogP contribution is -1.95. The summed E-state index contributed by atoms with van der Waals surface area (Å²) in [6, 6.07) is 60.8. The molecule has 49 heavy (non-hydrogen) atoms. The van der Waals surface area contributed by atoms with Gasteiger partial charge in [0.15, 0.2) is 0 Å². The Morgan fingerprint density at radius 2 is 1.12 bits per heavy atom. The van der Waals surface area contributed by atoms with Gasteiger partial charge < -0.3 is 4.57 Å². The lowest BCUT2D eigenvalue weighted by Gasteiger charge is -2.11. The number of benzene rings is 6. The highest BCUT2D eigenvalue weighted by Gasteiger charge is 2.22. The number of aromatic nitrogens is 3. The summed E-state index contributed by atoms with van der Waals surface area (Å²) in [4.78, 5) is 6.36. The fourth-order valence-corrected chi connectivity index (χ4v) is 8.79. The first-order valence-electron chi connectivity index (χ1n) is 16.6. The molecule has 0 radical (unpaired) electrons. The monoisotopic (exact) mass is 643 g/mol. The van der Waals surface area contributed by atoms with E-state index in [-0.39, 0.29) is 0 Å². The van der Waals surface area contributed by atoms with Gasteiger partial charge in [0.05, 0.1) is 22.4 Å². The molecule has 0 spiro atoms. The van der Waals surface area contributed by atoms with Crippen molar-refractivity contribution in [3.63, 3.8) is 0 Å². The van der Waals surface area contributed by atoms with E-state index in [9.17, 15) is 0 Å². The summed E-state index contributed by atoms with van der Waals surface area (Å²) in [7, 11) is 0. The molecule has 0 aliphatic heterocycles. The van der Waals surface area contributed by atoms with E-state index in [1.807, 2.05) is 23.5 Å². The normalized spacial score (nSPS) is 11.7. The summed E-state index contributed by atoms with van der Waals surface area (Å²) in [5.41, 5.74) is 12.6. The van der Waals surface area contributed by atoms with Crippen LogP contribution in [0.15, 0.2) is 176 Å². The summed E-state index contributed by atoms with van der Waals surface area (Å²) in [5, 5.41) is 3.86. The Balaban J connectivity index is 1.19. The van der Waals surface area contributed by atoms with Crippen molar-refractivity contribution in [2.75, 3.05) is 0 Å². The molecule has 0 unspecified atom stereocenters. The maximum Gasteiger partial charge on any atom is 0.137 e. The van der Waals surface area contributed by atoms with Crippen LogP contribution in [0.1, 0.15) is 0 Å². The molecule has 4 aromatic heterocycles. The standard InChI is InChI=1S/C45H29N3S/c1-4-14-30(15-5-1)40-36-27-28-38-41(45(36)49-44(40)33-18-8-3-9-19-33)35-20-10-11-21-37(35)48(38)34-25-23-32(24-26-34)43-42(31-16-6-2-7-17-31)46-39-22-12-13-29-47(39)43/h1-29H. The molecule has 0 saturated carbocycles. The fourth-order valence-electron chi connectivity index (χ4n) is 7.41. The topological polar surface area (TPSA) is 22.2 Å². The SMILES string of the molecule is c1ccc(-c2nc3ccccn3c2-c2ccc(-n3c4ccccc4c4c5sc(-c6ccccc6)c(-c6ccccc6)c5ccc43)cc2)cc1. The molecule has 6 aromatic carbocycles. The maximum atomic E-state index is 5.05. The molecule has 0 fully saturated rings. The van der Waals surface area contributed by atoms with Crippen LogP contribution >= 0.6 is 11.3 Å². The zero-order valence-electron chi connectivity index (χ0n) is 26.5. The van der Waals surface area contributed by atoms with E-state index >= 15 is 0 Å². The first-order valence-corrected chi connectivity index (χ1v) is 17.4. The van der Waals surface area contributed by atoms with Crippen LogP contribution in [0, 0.1) is 0 Å². The van der Waals surface area contributed by atoms with Crippen LogP contribution in [0.4, 0.5) is 0 Å². The molecule has 0 bridgehead atoms. The molecule has 4 heteroatoms. The van der Waals surface area contributed by atoms with Crippen LogP contribution in [-0.2, 0) is 0 Å². The Bertz CT molecular complexity index is 2790. The molecule has 4 heterocycles. The summed E-state index contributed by atoms with van der Waals surface area (Å²) in [5.74, 6) is 0. The zero-order valence-corrected chi connectivity index (χ0v) is 27.3. The Hall–Kier alpha value is -6.23. The van der Waals surface area contributed by atoms with Gasteiger partial charge in [-0.3, -0.25) is 4.40 Å². The molecular formula is C45H29N3S. The number of hydrogen-bond acceptors (Lipinski definition) is 2. The number of fused-ring (bicyclic) bond motifs is 6. The van der Waals surface area contributed by atoms with Crippen molar-refractivity contribution in [3.8, 4) is 49.8 Å². The van der Waals surface area contributed by atoms with Crippen molar-refractivity contribution >= 4 is 48.9 Å². The Morgan fingerprint density at radius 1 is 0.469 bits per heavy atom. The first kappa shape index (κ1) is 27.8. The van der Waals surface area contributed by atoms with Crippen LogP contribution in [-0.4, -0.2) is 14.0 Å². The van der Waals surface area contributed by atoms with Crippen LogP contribution < -0.4 is 0 Å². The number of imidazole rings is 1. The van der Waals surface area contributed by atoms with Gasteiger partial charge in [-0.15, -0.1) is 11.3 Å². The van der Waals surface area contributed by atoms with Crippen LogP contribution in [0.2, 0.25) is 0 Å². The van der Waals surface area contributed by atoms with Crippen LogP contribution in [0.3, 0.4) is 0 Å². The van der Waals surface area contributed by atoms with E-state index in [1.54, 1.807) is 0 Å². The molecule has 10 rings (SSSR count). The molecule has 3 nitrogen and oxygen atoms in total. The zero-order chi connectivity index (χ0) is 32.3. The van der Waals surface area contributed by atoms with Gasteiger partial charge in [-0.1, -0.05) is 133 Å². The Morgan fingerprint density at radius 3 is 1.88 bits per heavy atom. The third kappa shape index (κ3) is 4.38. The predicted molar refractivity (Wildman–Crippen MR) is 207 cm³/mol. The van der Waals surface area contributed by atoms with Gasteiger partial charge in [0.1, 0.15) is 5.65 Å². The van der Waals surface area contributed by atoms with E-state index in [2.05, 4.69) is 173 Å². The number of thiophene rings is 1. The fraction of sp³-hybridized carbons (Fsp3) is 0. The van der Waals surface area contributed by atoms with Gasteiger partial charge in [0, 0.05) is 54.3 Å². The second kappa shape index (κ2) is 11.2. The Kier molecular flexibility index (Phi) is 6.36. The lowest BCUT2D eigenvalue weighted by atomic mass is 9.98. The van der Waals surface area contributed by atoms with Crippen LogP contribution in [0.5, 0.6) is 0 Å². The minimum atomic E-state index is 0.938. The molecule has 0 amide bonds. The maximum absolute atomic E-state index is 5.05. The minimum absolute atomic E-state index is 0.938. The largest absolute Gasteiger partial charge is 0.309 e. The summed E-state index contributed by atoms with van der Waals surface area (Å²) < 4.78 is 5.94. The molecule has 0 N–H and O–H groups in total. The van der Waals surface area contributed by atoms with Crippen molar-refractivity contribution in [2.45, 2.75) is 0 Å². The van der Waals surface area contributed by atoms with Crippen molar-refractivity contribution < 1.29 is 0 Å². The average Bonchev–Trinajstić information content (AvgIpc) is 3.86. The summed E-state index contributed by atoms with van der Waals surface area (Å²) in [6.07, 6.45) is 2.10. The van der Waals surface area contributed by atoms with E-state index < -0.39 is 0 Å². The predicted octanol–water partition coefficient (Wildman–Crippen LogP) is 12.3. The number of hydrogen-bond donors (Lipinski definition) is 0. The summed E-state index contributed by atoms with van der Waals surface area (Å²) in [6.45, 7) is 0. The van der Waals surface area contributed by atoms with Crippen LogP contribution in [0.25, 0.3) is 87.3 Å². The van der Waals surface area contributed by atoms with Gasteiger partial charge in [-0.25, -0.2) is 4.98 Å². The van der Waals surface area contributed by atoms with E-state index in [0.717, 1.165) is 33.8 Å². The second-order valence-electron chi connectivity index (χ2n) is 12.4. The van der Waals surface area contributed by atoms with E-state index in [0.29, 0.717) is 0 Å². The van der Waals surface area contributed by atoms with Crippen molar-refractivity contribution in [2.24, 2.45) is 0 Å². The van der Waals surface area contributed by atoms with E-state index in [1.165, 1.54) is 53.5 Å². The van der Waals surface area contributed by atoms with Gasteiger partial charge in [-0.2, -0.15) is 0 Å². The average molecular weight is 644 g/mol. The number of rotatable bonds is 5. The van der Waals surface area contributed by atoms with Gasteiger partial charge in [0.25, 0.3) is 0 Å². The van der Waals surface area contributed by atoms with Gasteiger partial charge in [0.2, 0.25) is 0 Å². The molecule has 0 aliphatic carbocycles. The molecule has 10 aromatic rings. The van der Waals surface area contributed by atoms with E-state index in [4.69, 9.17) is 4.98 Å². The minimum Gasteiger partial charge on any atom is -0.309 e. The molecule has 0 atom stereocenters. The third-order valence-electron chi connectivity index (χ3n) is 9.57. The smallest absolute Gasteiger partial charge is 0.137 e. The number of nitrogens with zero attached hydrogens (tertiary/aromatic N) is 3. The third-order valence-corrected chi connectivity index (χ3v) is 10.8. The quantitative estimate of drug-likeness (QED) is 0.183. The van der Waals surface area contributed by atoms with Crippen molar-refractivity contribution in [3.05, 3.63) is 176 Å². The molecule has 0 saturated heterocycles. The molecule has 230 valence electrons.